The number of carbonyl (C=O) groups excluding carboxylic acids is 1. The Morgan fingerprint density at radius 2 is 1.29 bits per heavy atom. The molecule has 0 bridgehead atoms. The van der Waals surface area contributed by atoms with Crippen molar-refractivity contribution in [3.8, 4) is 0 Å². The molecule has 102 valence electrons. The van der Waals surface area contributed by atoms with E-state index in [2.05, 4.69) is 20.8 Å². The SMILES string of the molecule is CCCCCCCCCCCC(=O)C(C)CC. The highest BCUT2D eigenvalue weighted by atomic mass is 16.1. The molecular formula is C16H32O. The van der Waals surface area contributed by atoms with Crippen LogP contribution >= 0.6 is 0 Å². The van der Waals surface area contributed by atoms with Gasteiger partial charge >= 0.3 is 0 Å². The first-order valence-electron chi connectivity index (χ1n) is 7.75. The molecule has 0 aromatic heterocycles. The van der Waals surface area contributed by atoms with Crippen LogP contribution in [0.4, 0.5) is 0 Å². The van der Waals surface area contributed by atoms with Gasteiger partial charge in [0.05, 0.1) is 0 Å². The molecule has 0 aromatic carbocycles. The summed E-state index contributed by atoms with van der Waals surface area (Å²) in [6.07, 6.45) is 13.8. The van der Waals surface area contributed by atoms with Crippen LogP contribution in [0.5, 0.6) is 0 Å². The van der Waals surface area contributed by atoms with Crippen LogP contribution in [0.1, 0.15) is 91.4 Å². The van der Waals surface area contributed by atoms with Crippen molar-refractivity contribution in [1.82, 2.24) is 0 Å². The standard InChI is InChI=1S/C16H32O/c1-4-6-7-8-9-10-11-12-13-14-16(17)15(3)5-2/h15H,4-14H2,1-3H3. The third-order valence-electron chi connectivity index (χ3n) is 3.69. The van der Waals surface area contributed by atoms with Crippen molar-refractivity contribution >= 4 is 5.78 Å². The average molecular weight is 240 g/mol. The molecule has 0 fully saturated rings. The molecule has 0 saturated heterocycles. The molecule has 0 aliphatic carbocycles. The molecule has 0 N–H and O–H groups in total. The zero-order valence-electron chi connectivity index (χ0n) is 12.3. The molecule has 0 aliphatic heterocycles. The fourth-order valence-corrected chi connectivity index (χ4v) is 2.08. The number of rotatable bonds is 12. The van der Waals surface area contributed by atoms with Gasteiger partial charge < -0.3 is 0 Å². The maximum Gasteiger partial charge on any atom is 0.135 e. The van der Waals surface area contributed by atoms with Crippen molar-refractivity contribution in [3.05, 3.63) is 0 Å². The van der Waals surface area contributed by atoms with Crippen LogP contribution in [0.2, 0.25) is 0 Å². The lowest BCUT2D eigenvalue weighted by Crippen LogP contribution is -2.09. The van der Waals surface area contributed by atoms with Gasteiger partial charge in [0.15, 0.2) is 0 Å². The van der Waals surface area contributed by atoms with Crippen LogP contribution < -0.4 is 0 Å². The predicted molar refractivity (Wildman–Crippen MR) is 76.3 cm³/mol. The second-order valence-corrected chi connectivity index (χ2v) is 5.35. The zero-order chi connectivity index (χ0) is 12.9. The van der Waals surface area contributed by atoms with E-state index in [-0.39, 0.29) is 5.92 Å². The molecule has 0 aliphatic rings. The molecule has 0 rings (SSSR count). The van der Waals surface area contributed by atoms with E-state index in [1.807, 2.05) is 0 Å². The van der Waals surface area contributed by atoms with Crippen LogP contribution in [-0.4, -0.2) is 5.78 Å². The van der Waals surface area contributed by atoms with Crippen LogP contribution in [0.25, 0.3) is 0 Å². The van der Waals surface area contributed by atoms with Gasteiger partial charge in [0.1, 0.15) is 5.78 Å². The highest BCUT2D eigenvalue weighted by Crippen LogP contribution is 2.13. The zero-order valence-corrected chi connectivity index (χ0v) is 12.3. The summed E-state index contributed by atoms with van der Waals surface area (Å²) in [4.78, 5) is 11.6. The number of hydrogen-bond acceptors (Lipinski definition) is 1. The van der Waals surface area contributed by atoms with Crippen LogP contribution in [-0.2, 0) is 4.79 Å². The molecule has 0 heterocycles. The maximum atomic E-state index is 11.6. The summed E-state index contributed by atoms with van der Waals surface area (Å²) in [5, 5.41) is 0. The van der Waals surface area contributed by atoms with Crippen molar-refractivity contribution in [2.75, 3.05) is 0 Å². The Morgan fingerprint density at radius 1 is 0.824 bits per heavy atom. The van der Waals surface area contributed by atoms with E-state index in [1.54, 1.807) is 0 Å². The third kappa shape index (κ3) is 10.5. The van der Waals surface area contributed by atoms with Gasteiger partial charge in [-0.2, -0.15) is 0 Å². The van der Waals surface area contributed by atoms with Crippen molar-refractivity contribution < 1.29 is 4.79 Å². The van der Waals surface area contributed by atoms with Gasteiger partial charge in [-0.15, -0.1) is 0 Å². The van der Waals surface area contributed by atoms with Crippen molar-refractivity contribution in [2.45, 2.75) is 91.4 Å². The molecule has 0 aromatic rings. The summed E-state index contributed by atoms with van der Waals surface area (Å²) < 4.78 is 0. The topological polar surface area (TPSA) is 17.1 Å². The smallest absolute Gasteiger partial charge is 0.135 e. The summed E-state index contributed by atoms with van der Waals surface area (Å²) in [5.41, 5.74) is 0. The summed E-state index contributed by atoms with van der Waals surface area (Å²) in [6.45, 7) is 6.41. The van der Waals surface area contributed by atoms with E-state index in [4.69, 9.17) is 0 Å². The minimum atomic E-state index is 0.282. The van der Waals surface area contributed by atoms with E-state index in [0.29, 0.717) is 5.78 Å². The van der Waals surface area contributed by atoms with Gasteiger partial charge in [-0.3, -0.25) is 4.79 Å². The monoisotopic (exact) mass is 240 g/mol. The van der Waals surface area contributed by atoms with E-state index in [9.17, 15) is 4.79 Å². The van der Waals surface area contributed by atoms with Gasteiger partial charge in [-0.25, -0.2) is 0 Å². The predicted octanol–water partition coefficient (Wildman–Crippen LogP) is 5.52. The van der Waals surface area contributed by atoms with Gasteiger partial charge in [0, 0.05) is 12.3 Å². The lowest BCUT2D eigenvalue weighted by atomic mass is 9.98. The number of unbranched alkanes of at least 4 members (excludes halogenated alkanes) is 8. The highest BCUT2D eigenvalue weighted by molar-refractivity contribution is 5.80. The normalized spacial score (nSPS) is 12.6. The van der Waals surface area contributed by atoms with Gasteiger partial charge in [0.25, 0.3) is 0 Å². The molecule has 0 spiro atoms. The lowest BCUT2D eigenvalue weighted by molar-refractivity contribution is -0.122. The Kier molecular flexibility index (Phi) is 11.9. The quantitative estimate of drug-likeness (QED) is 0.410. The number of ketones is 1. The van der Waals surface area contributed by atoms with Crippen LogP contribution in [0.15, 0.2) is 0 Å². The minimum Gasteiger partial charge on any atom is -0.299 e. The first-order chi connectivity index (χ1) is 8.22. The second kappa shape index (κ2) is 12.1. The van der Waals surface area contributed by atoms with E-state index in [1.165, 1.54) is 51.4 Å². The molecular weight excluding hydrogens is 208 g/mol. The summed E-state index contributed by atoms with van der Waals surface area (Å²) in [7, 11) is 0. The fourth-order valence-electron chi connectivity index (χ4n) is 2.08. The van der Waals surface area contributed by atoms with Gasteiger partial charge in [-0.05, 0) is 12.8 Å². The Labute approximate surface area is 108 Å². The third-order valence-corrected chi connectivity index (χ3v) is 3.69. The van der Waals surface area contributed by atoms with E-state index < -0.39 is 0 Å². The summed E-state index contributed by atoms with van der Waals surface area (Å²) in [6, 6.07) is 0. The van der Waals surface area contributed by atoms with Crippen LogP contribution in [0, 0.1) is 5.92 Å². The Morgan fingerprint density at radius 3 is 1.76 bits per heavy atom. The number of carbonyl (C=O) groups is 1. The average Bonchev–Trinajstić information content (AvgIpc) is 2.35. The molecule has 0 amide bonds. The highest BCUT2D eigenvalue weighted by Gasteiger charge is 2.09. The number of hydrogen-bond donors (Lipinski definition) is 0. The largest absolute Gasteiger partial charge is 0.299 e. The molecule has 1 nitrogen and oxygen atoms in total. The van der Waals surface area contributed by atoms with Gasteiger partial charge in [-0.1, -0.05) is 72.1 Å². The molecule has 17 heavy (non-hydrogen) atoms. The van der Waals surface area contributed by atoms with E-state index >= 15 is 0 Å². The molecule has 0 radical (unpaired) electrons. The Balaban J connectivity index is 3.16. The Hall–Kier alpha value is -0.330. The summed E-state index contributed by atoms with van der Waals surface area (Å²) in [5.74, 6) is 0.750. The Bertz CT molecular complexity index is 174. The van der Waals surface area contributed by atoms with E-state index in [0.717, 1.165) is 19.3 Å². The fraction of sp³-hybridized carbons (Fsp3) is 0.938. The first kappa shape index (κ1) is 16.7. The maximum absolute atomic E-state index is 11.6. The summed E-state index contributed by atoms with van der Waals surface area (Å²) >= 11 is 0. The molecule has 1 heteroatoms. The van der Waals surface area contributed by atoms with Gasteiger partial charge in [0.2, 0.25) is 0 Å². The van der Waals surface area contributed by atoms with Crippen LogP contribution in [0.3, 0.4) is 0 Å². The molecule has 1 unspecified atom stereocenters. The lowest BCUT2D eigenvalue weighted by Gasteiger charge is -2.06. The molecule has 1 atom stereocenters. The second-order valence-electron chi connectivity index (χ2n) is 5.35. The van der Waals surface area contributed by atoms with Crippen molar-refractivity contribution in [3.63, 3.8) is 0 Å². The molecule has 0 saturated carbocycles. The number of Topliss-reactive ketones (excluding diaryl/α,β-unsaturated/α-hetero) is 1. The van der Waals surface area contributed by atoms with Crippen molar-refractivity contribution in [1.29, 1.82) is 0 Å². The minimum absolute atomic E-state index is 0.282. The van der Waals surface area contributed by atoms with Crippen molar-refractivity contribution in [2.24, 2.45) is 5.92 Å². The first-order valence-corrected chi connectivity index (χ1v) is 7.75.